The summed E-state index contributed by atoms with van der Waals surface area (Å²) in [5, 5.41) is 9.32. The van der Waals surface area contributed by atoms with Crippen LogP contribution < -0.4 is 0 Å². The number of carbonyl (C=O) groups is 1. The Morgan fingerprint density at radius 2 is 1.94 bits per heavy atom. The molecule has 1 aromatic carbocycles. The van der Waals surface area contributed by atoms with E-state index in [-0.39, 0.29) is 5.97 Å². The van der Waals surface area contributed by atoms with Gasteiger partial charge in [-0.2, -0.15) is 0 Å². The third kappa shape index (κ3) is 3.21. The fraction of sp³-hybridized carbons (Fsp3) is 0.308. The molecule has 0 spiro atoms. The van der Waals surface area contributed by atoms with E-state index in [0.29, 0.717) is 5.56 Å². The average molecular weight is 220 g/mol. The zero-order valence-electron chi connectivity index (χ0n) is 9.73. The van der Waals surface area contributed by atoms with Crippen molar-refractivity contribution in [3.8, 4) is 0 Å². The topological polar surface area (TPSA) is 46.5 Å². The van der Waals surface area contributed by atoms with Crippen LogP contribution in [0.1, 0.15) is 29.8 Å². The Balaban J connectivity index is 2.87. The molecule has 3 heteroatoms. The molecule has 0 radical (unpaired) electrons. The van der Waals surface area contributed by atoms with Crippen LogP contribution in [0.3, 0.4) is 0 Å². The van der Waals surface area contributed by atoms with Crippen molar-refractivity contribution in [3.05, 3.63) is 41.0 Å². The molecule has 1 atom stereocenters. The molecule has 3 nitrogen and oxygen atoms in total. The van der Waals surface area contributed by atoms with E-state index >= 15 is 0 Å². The molecule has 1 N–H and O–H groups in total. The van der Waals surface area contributed by atoms with Gasteiger partial charge in [-0.15, -0.1) is 0 Å². The van der Waals surface area contributed by atoms with Crippen LogP contribution in [0.4, 0.5) is 0 Å². The lowest BCUT2D eigenvalue weighted by Gasteiger charge is -2.04. The summed E-state index contributed by atoms with van der Waals surface area (Å²) in [5.41, 5.74) is 2.35. The molecule has 0 aliphatic rings. The number of esters is 1. The number of methoxy groups -OCH3 is 1. The van der Waals surface area contributed by atoms with Crippen molar-refractivity contribution < 1.29 is 14.6 Å². The first-order valence-electron chi connectivity index (χ1n) is 5.09. The number of hydrogen-bond acceptors (Lipinski definition) is 3. The first-order chi connectivity index (χ1) is 7.54. The first-order valence-corrected chi connectivity index (χ1v) is 5.09. The van der Waals surface area contributed by atoms with E-state index < -0.39 is 6.10 Å². The van der Waals surface area contributed by atoms with E-state index in [9.17, 15) is 9.90 Å². The molecule has 16 heavy (non-hydrogen) atoms. The van der Waals surface area contributed by atoms with Gasteiger partial charge in [0.15, 0.2) is 0 Å². The molecule has 1 aromatic rings. The summed E-state index contributed by atoms with van der Waals surface area (Å²) < 4.78 is 4.60. The van der Waals surface area contributed by atoms with Gasteiger partial charge in [-0.1, -0.05) is 18.2 Å². The van der Waals surface area contributed by atoms with Gasteiger partial charge in [-0.05, 0) is 37.1 Å². The minimum absolute atomic E-state index is 0.345. The lowest BCUT2D eigenvalue weighted by molar-refractivity contribution is 0.0600. The molecule has 1 unspecified atom stereocenters. The van der Waals surface area contributed by atoms with Crippen molar-refractivity contribution >= 4 is 12.0 Å². The van der Waals surface area contributed by atoms with Gasteiger partial charge in [-0.25, -0.2) is 4.79 Å². The number of rotatable bonds is 3. The maximum Gasteiger partial charge on any atom is 0.337 e. The number of ether oxygens (including phenoxy) is 1. The van der Waals surface area contributed by atoms with Crippen molar-refractivity contribution in [2.24, 2.45) is 0 Å². The van der Waals surface area contributed by atoms with E-state index in [1.165, 1.54) is 7.11 Å². The van der Waals surface area contributed by atoms with Crippen molar-refractivity contribution in [3.63, 3.8) is 0 Å². The summed E-state index contributed by atoms with van der Waals surface area (Å²) in [5.74, 6) is -0.345. The Kier molecular flexibility index (Phi) is 4.26. The number of aliphatic hydroxyl groups is 1. The van der Waals surface area contributed by atoms with Gasteiger partial charge in [0.05, 0.1) is 18.8 Å². The summed E-state index contributed by atoms with van der Waals surface area (Å²) in [6.07, 6.45) is 1.42. The number of aliphatic hydroxyl groups excluding tert-OH is 1. The monoisotopic (exact) mass is 220 g/mol. The van der Waals surface area contributed by atoms with Gasteiger partial charge in [0, 0.05) is 0 Å². The predicted molar refractivity (Wildman–Crippen MR) is 63.1 cm³/mol. The lowest BCUT2D eigenvalue weighted by Crippen LogP contribution is -2.01. The second-order valence-electron chi connectivity index (χ2n) is 3.68. The molecule has 1 rings (SSSR count). The van der Waals surface area contributed by atoms with Crippen LogP contribution in [0.5, 0.6) is 0 Å². The average Bonchev–Trinajstić information content (AvgIpc) is 2.28. The lowest BCUT2D eigenvalue weighted by atomic mass is 10.1. The third-order valence-corrected chi connectivity index (χ3v) is 2.39. The molecular formula is C13H16O3. The van der Waals surface area contributed by atoms with E-state index in [2.05, 4.69) is 4.74 Å². The summed E-state index contributed by atoms with van der Waals surface area (Å²) in [4.78, 5) is 11.2. The predicted octanol–water partition coefficient (Wildman–Crippen LogP) is 2.26. The Hall–Kier alpha value is -1.61. The molecule has 0 saturated carbocycles. The minimum atomic E-state index is -0.458. The first kappa shape index (κ1) is 12.5. The van der Waals surface area contributed by atoms with Gasteiger partial charge in [0.2, 0.25) is 0 Å². The molecule has 0 heterocycles. The van der Waals surface area contributed by atoms with Gasteiger partial charge < -0.3 is 9.84 Å². The van der Waals surface area contributed by atoms with Crippen LogP contribution >= 0.6 is 0 Å². The summed E-state index contributed by atoms with van der Waals surface area (Å²) in [6.45, 7) is 3.58. The molecule has 0 aliphatic carbocycles. The molecule has 0 aliphatic heterocycles. The molecule has 0 saturated heterocycles. The van der Waals surface area contributed by atoms with Crippen molar-refractivity contribution in [1.29, 1.82) is 0 Å². The van der Waals surface area contributed by atoms with E-state index in [1.807, 2.05) is 25.1 Å². The normalized spacial score (nSPS) is 13.4. The highest BCUT2D eigenvalue weighted by molar-refractivity contribution is 5.89. The van der Waals surface area contributed by atoms with Crippen molar-refractivity contribution in [1.82, 2.24) is 0 Å². The van der Waals surface area contributed by atoms with Crippen LogP contribution in [-0.4, -0.2) is 24.3 Å². The fourth-order valence-corrected chi connectivity index (χ4v) is 1.22. The van der Waals surface area contributed by atoms with E-state index in [1.54, 1.807) is 19.1 Å². The molecule has 0 fully saturated rings. The molecule has 86 valence electrons. The van der Waals surface area contributed by atoms with Crippen LogP contribution in [0.15, 0.2) is 29.8 Å². The van der Waals surface area contributed by atoms with Crippen LogP contribution in [-0.2, 0) is 4.74 Å². The largest absolute Gasteiger partial charge is 0.465 e. The summed E-state index contributed by atoms with van der Waals surface area (Å²) in [7, 11) is 1.35. The summed E-state index contributed by atoms with van der Waals surface area (Å²) >= 11 is 0. The fourth-order valence-electron chi connectivity index (χ4n) is 1.22. The van der Waals surface area contributed by atoms with Gasteiger partial charge in [-0.3, -0.25) is 0 Å². The van der Waals surface area contributed by atoms with Crippen LogP contribution in [0.25, 0.3) is 6.08 Å². The quantitative estimate of drug-likeness (QED) is 0.795. The third-order valence-electron chi connectivity index (χ3n) is 2.39. The Bertz CT molecular complexity index is 388. The Morgan fingerprint density at radius 3 is 2.38 bits per heavy atom. The van der Waals surface area contributed by atoms with Gasteiger partial charge in [0.25, 0.3) is 0 Å². The van der Waals surface area contributed by atoms with Crippen molar-refractivity contribution in [2.75, 3.05) is 7.11 Å². The number of carbonyl (C=O) groups excluding carboxylic acids is 1. The second kappa shape index (κ2) is 5.47. The Labute approximate surface area is 95.4 Å². The highest BCUT2D eigenvalue weighted by atomic mass is 16.5. The smallest absolute Gasteiger partial charge is 0.337 e. The molecule has 0 aromatic heterocycles. The molecule has 0 amide bonds. The minimum Gasteiger partial charge on any atom is -0.465 e. The number of hydrogen-bond donors (Lipinski definition) is 1. The SMILES string of the molecule is COC(=O)c1ccc(/C=C(/C)C(C)O)cc1. The zero-order chi connectivity index (χ0) is 12.1. The zero-order valence-corrected chi connectivity index (χ0v) is 9.73. The standard InChI is InChI=1S/C13H16O3/c1-9(10(2)14)8-11-4-6-12(7-5-11)13(15)16-3/h4-8,10,14H,1-3H3/b9-8-. The highest BCUT2D eigenvalue weighted by Crippen LogP contribution is 2.11. The molecular weight excluding hydrogens is 204 g/mol. The van der Waals surface area contributed by atoms with Crippen molar-refractivity contribution in [2.45, 2.75) is 20.0 Å². The maximum absolute atomic E-state index is 11.2. The highest BCUT2D eigenvalue weighted by Gasteiger charge is 2.04. The van der Waals surface area contributed by atoms with E-state index in [0.717, 1.165) is 11.1 Å². The van der Waals surface area contributed by atoms with E-state index in [4.69, 9.17) is 0 Å². The van der Waals surface area contributed by atoms with Gasteiger partial charge >= 0.3 is 5.97 Å². The molecule has 0 bridgehead atoms. The maximum atomic E-state index is 11.2. The Morgan fingerprint density at radius 1 is 1.38 bits per heavy atom. The van der Waals surface area contributed by atoms with Gasteiger partial charge in [0.1, 0.15) is 0 Å². The second-order valence-corrected chi connectivity index (χ2v) is 3.68. The van der Waals surface area contributed by atoms with Crippen LogP contribution in [0, 0.1) is 0 Å². The van der Waals surface area contributed by atoms with Crippen LogP contribution in [0.2, 0.25) is 0 Å². The summed E-state index contributed by atoms with van der Waals surface area (Å²) in [6, 6.07) is 7.04. The number of benzene rings is 1.